The van der Waals surface area contributed by atoms with Crippen molar-refractivity contribution in [3.63, 3.8) is 0 Å². The van der Waals surface area contributed by atoms with Gasteiger partial charge in [0, 0.05) is 97.7 Å². The van der Waals surface area contributed by atoms with Gasteiger partial charge in [0.2, 0.25) is 0 Å². The van der Waals surface area contributed by atoms with E-state index in [4.69, 9.17) is 94.7 Å². The van der Waals surface area contributed by atoms with Crippen LogP contribution >= 0.6 is 0 Å². The summed E-state index contributed by atoms with van der Waals surface area (Å²) in [5.41, 5.74) is -7.51. The number of ether oxygens (including phenoxy) is 20. The van der Waals surface area contributed by atoms with E-state index in [1.165, 1.54) is 13.8 Å². The molecule has 0 aromatic carbocycles. The van der Waals surface area contributed by atoms with E-state index < -0.39 is 204 Å². The maximum absolute atomic E-state index is 14.7. The van der Waals surface area contributed by atoms with Crippen LogP contribution in [0.4, 0.5) is 9.59 Å². The number of hydrogen-bond donors (Lipinski definition) is 3. The molecular formula is C93H166N4O29. The van der Waals surface area contributed by atoms with E-state index in [1.807, 2.05) is 155 Å². The number of carbonyl (C=O) groups excluding carboxylic acids is 6. The lowest BCUT2D eigenvalue weighted by molar-refractivity contribution is -0.321. The number of cyclic esters (lactones) is 2. The molecule has 3 N–H and O–H groups in total. The smallest absolute Gasteiger partial charge is 0.458 e. The molecule has 0 spiro atoms. The molecule has 33 heteroatoms. The quantitative estimate of drug-likeness (QED) is 0.0298. The Hall–Kier alpha value is -4.60. The monoisotopic (exact) mass is 1800 g/mol. The Morgan fingerprint density at radius 1 is 0.516 bits per heavy atom. The molecule has 732 valence electrons. The number of nitrogens with zero attached hydrogens (tertiary/aromatic N) is 4. The molecule has 36 atom stereocenters. The summed E-state index contributed by atoms with van der Waals surface area (Å²) in [5, 5.41) is 35.0. The maximum atomic E-state index is 14.7. The molecule has 126 heavy (non-hydrogen) atoms. The molecule has 0 aliphatic carbocycles. The Morgan fingerprint density at radius 2 is 0.881 bits per heavy atom. The molecular weight excluding hydrogens is 1640 g/mol. The number of aliphatic hydroxyl groups excluding tert-OH is 1. The Balaban J connectivity index is 0.000000386. The highest BCUT2D eigenvalue weighted by Gasteiger charge is 2.62. The molecule has 8 rings (SSSR count). The predicted molar refractivity (Wildman–Crippen MR) is 468 cm³/mol. The van der Waals surface area contributed by atoms with E-state index in [-0.39, 0.29) is 87.9 Å². The molecule has 8 heterocycles. The third-order valence-corrected chi connectivity index (χ3v) is 27.8. The van der Waals surface area contributed by atoms with Gasteiger partial charge in [-0.2, -0.15) is 0 Å². The molecule has 0 saturated carbocycles. The minimum absolute atomic E-state index is 0. The largest absolute Gasteiger partial charge is 0.509 e. The van der Waals surface area contributed by atoms with Crippen LogP contribution in [-0.2, 0) is 114 Å². The van der Waals surface area contributed by atoms with Crippen molar-refractivity contribution in [3.8, 4) is 0 Å². The Kier molecular flexibility index (Phi) is 41.4. The van der Waals surface area contributed by atoms with Crippen LogP contribution < -0.4 is 0 Å². The van der Waals surface area contributed by atoms with Gasteiger partial charge in [0.15, 0.2) is 60.8 Å². The number of fused-ring (bicyclic) bond motifs is 2. The van der Waals surface area contributed by atoms with Crippen molar-refractivity contribution in [1.82, 2.24) is 19.6 Å². The lowest BCUT2D eigenvalue weighted by Crippen LogP contribution is -2.61. The fourth-order valence-electron chi connectivity index (χ4n) is 20.9. The van der Waals surface area contributed by atoms with Gasteiger partial charge in [-0.05, 0) is 222 Å². The van der Waals surface area contributed by atoms with Gasteiger partial charge in [0.25, 0.3) is 0 Å². The van der Waals surface area contributed by atoms with Crippen LogP contribution in [0.15, 0.2) is 12.7 Å². The van der Waals surface area contributed by atoms with Crippen LogP contribution in [0.3, 0.4) is 0 Å². The third-order valence-electron chi connectivity index (χ3n) is 27.8. The molecule has 0 bridgehead atoms. The Bertz CT molecular complexity index is 3420. The van der Waals surface area contributed by atoms with Crippen LogP contribution in [0.25, 0.3) is 0 Å². The second kappa shape index (κ2) is 47.3. The van der Waals surface area contributed by atoms with E-state index in [9.17, 15) is 44.1 Å². The van der Waals surface area contributed by atoms with Crippen molar-refractivity contribution < 1.29 is 139 Å². The molecule has 0 amide bonds. The summed E-state index contributed by atoms with van der Waals surface area (Å²) in [5.74, 6) is -6.04. The van der Waals surface area contributed by atoms with Gasteiger partial charge >= 0.3 is 36.2 Å². The molecule has 0 aromatic heterocycles. The molecule has 0 aromatic rings. The van der Waals surface area contributed by atoms with E-state index >= 15 is 0 Å². The standard InChI is InChI=1S/C46H82N2O15.C46H80N2O14.CH4/c1-16-34-46(11)39(62-43(52)63-46)30(6)48(14)25-26(2)23-44(9,53)38(61-42-37(58-32(8)50)33(47(12)13)22-27(3)56-42)28(4)36(29(5)41(51)59-34)60-35-24-45(10,54-15)40(31(7)57-35)55-21-19-17-18-20-49;1-17-19-20-21-54-40-31(8)56-35(24-45(40,11)53-16)59-36-28(5)38(60-42-37(57-32(9)49)33(47(13)14)22-27(4)55-42)44(10,52)23-26(3)25-48(15)30(7)39-46(12,62-43(51)61-39)34(18-2)58-41(50)29(36)6;/h26-31,33-40,42,49,53H,16-25H2,1-15H3;17,26-31,33-40,42,52H,1,18-25H2,2-16H3;1H4/t2*26-,27-,28+,29-,30-,31+,33+,34-,35+,36+,37-,38-,39-,40+,42+,44-,45-,46-;/m11./s1. The third kappa shape index (κ3) is 27.1. The summed E-state index contributed by atoms with van der Waals surface area (Å²) in [4.78, 5) is 88.5. The Labute approximate surface area is 752 Å². The zero-order chi connectivity index (χ0) is 93.7. The van der Waals surface area contributed by atoms with Gasteiger partial charge in [-0.25, -0.2) is 9.59 Å². The number of esters is 4. The molecule has 33 nitrogen and oxygen atoms in total. The zero-order valence-corrected chi connectivity index (χ0v) is 81.1. The van der Waals surface area contributed by atoms with Crippen LogP contribution in [0, 0.1) is 35.5 Å². The second-order valence-corrected chi connectivity index (χ2v) is 39.2. The Morgan fingerprint density at radius 3 is 1.21 bits per heavy atom. The summed E-state index contributed by atoms with van der Waals surface area (Å²) in [6, 6.07) is -1.26. The van der Waals surface area contributed by atoms with Crippen molar-refractivity contribution in [2.45, 2.75) is 424 Å². The number of hydrogen-bond acceptors (Lipinski definition) is 33. The fraction of sp³-hybridized carbons (Fsp3) is 0.914. The summed E-state index contributed by atoms with van der Waals surface area (Å²) in [7, 11) is 14.7. The second-order valence-electron chi connectivity index (χ2n) is 39.2. The fourth-order valence-corrected chi connectivity index (χ4v) is 20.9. The number of allylic oxidation sites excluding steroid dienone is 1. The van der Waals surface area contributed by atoms with Gasteiger partial charge in [-0.3, -0.25) is 29.0 Å². The zero-order valence-electron chi connectivity index (χ0n) is 81.1. The first-order valence-electron chi connectivity index (χ1n) is 45.9. The number of methoxy groups -OCH3 is 2. The minimum atomic E-state index is -1.59. The van der Waals surface area contributed by atoms with Gasteiger partial charge in [0.05, 0.1) is 95.2 Å². The highest BCUT2D eigenvalue weighted by atomic mass is 16.8. The van der Waals surface area contributed by atoms with Crippen LogP contribution in [0.2, 0.25) is 0 Å². The van der Waals surface area contributed by atoms with Crippen molar-refractivity contribution in [3.05, 3.63) is 12.7 Å². The van der Waals surface area contributed by atoms with Crippen molar-refractivity contribution in [2.75, 3.05) is 89.4 Å². The number of aliphatic hydroxyl groups is 3. The topological polar surface area (TPSA) is 361 Å². The van der Waals surface area contributed by atoms with Gasteiger partial charge in [-0.1, -0.05) is 55.0 Å². The highest BCUT2D eigenvalue weighted by molar-refractivity contribution is 5.74. The van der Waals surface area contributed by atoms with E-state index in [0.717, 1.165) is 25.7 Å². The van der Waals surface area contributed by atoms with E-state index in [0.29, 0.717) is 58.4 Å². The summed E-state index contributed by atoms with van der Waals surface area (Å²) < 4.78 is 127. The lowest BCUT2D eigenvalue weighted by Gasteiger charge is -2.49. The average Bonchev–Trinajstić information content (AvgIpc) is 1.58. The average molecular weight is 1800 g/mol. The van der Waals surface area contributed by atoms with E-state index in [1.54, 1.807) is 55.8 Å². The van der Waals surface area contributed by atoms with Gasteiger partial charge < -0.3 is 120 Å². The molecule has 0 radical (unpaired) electrons. The summed E-state index contributed by atoms with van der Waals surface area (Å²) in [6.07, 6.45) is -8.81. The highest BCUT2D eigenvalue weighted by Crippen LogP contribution is 2.47. The number of rotatable bonds is 27. The predicted octanol–water partition coefficient (Wildman–Crippen LogP) is 11.1. The molecule has 8 aliphatic heterocycles. The van der Waals surface area contributed by atoms with Crippen molar-refractivity contribution in [2.24, 2.45) is 35.5 Å². The normalized spacial score (nSPS) is 43.4. The molecule has 0 unspecified atom stereocenters. The van der Waals surface area contributed by atoms with Gasteiger partial charge in [-0.15, -0.1) is 6.58 Å². The first-order chi connectivity index (χ1) is 58.3. The summed E-state index contributed by atoms with van der Waals surface area (Å²) in [6.45, 7) is 45.9. The van der Waals surface area contributed by atoms with Crippen molar-refractivity contribution >= 4 is 36.2 Å². The first-order valence-corrected chi connectivity index (χ1v) is 45.9. The van der Waals surface area contributed by atoms with Crippen LogP contribution in [0.5, 0.6) is 0 Å². The van der Waals surface area contributed by atoms with Gasteiger partial charge in [0.1, 0.15) is 24.4 Å². The molecule has 8 fully saturated rings. The van der Waals surface area contributed by atoms with Crippen LogP contribution in [-0.4, -0.2) is 341 Å². The van der Waals surface area contributed by atoms with E-state index in [2.05, 4.69) is 16.4 Å². The van der Waals surface area contributed by atoms with Crippen molar-refractivity contribution in [1.29, 1.82) is 0 Å². The maximum Gasteiger partial charge on any atom is 0.509 e. The molecule has 8 saturated heterocycles. The molecule has 8 aliphatic rings. The SMILES string of the molecule is C.C=CCCCO[C@H]1[C@H](C)O[C@@H](O[C@H]2[C@H](C)[C@@H](O[C@@H]3O[C@H](C)C[C@H](N(C)C)[C@H]3OC(C)=O)[C@](C)(O)C[C@@H](C)CN(C)[C@H](C)[C@H]3OC(=O)O[C@]3(C)[C@@H](CC)OC(=O)[C@@H]2C)C[C@@]1(C)OC.CC[C@H]1OC(=O)[C@H](C)[C@@H](O[C@H]2C[C@@](C)(OC)[C@@H](OCCCCCO)[C@H](C)O2)[C@H](C)[C@@H](O[C@@H]2O[C@H](C)C[C@H](N(C)C)[C@H]2OC(C)=O)[C@](C)(O)C[C@@H](C)CN(C)[C@H](C)[C@H]2OC(=O)O[C@@]21C. The van der Waals surface area contributed by atoms with Crippen LogP contribution in [0.1, 0.15) is 243 Å². The number of likely N-dealkylation sites (N-methyl/N-ethyl adjacent to an activating group) is 4. The first kappa shape index (κ1) is 110. The summed E-state index contributed by atoms with van der Waals surface area (Å²) >= 11 is 0. The minimum Gasteiger partial charge on any atom is -0.458 e. The lowest BCUT2D eigenvalue weighted by atomic mass is 9.77. The number of unbranched alkanes of at least 4 members (excludes halogenated alkanes) is 3. The number of carbonyl (C=O) groups is 6.